The highest BCUT2D eigenvalue weighted by atomic mass is 79.9. The highest BCUT2D eigenvalue weighted by Crippen LogP contribution is 2.45. The van der Waals surface area contributed by atoms with Crippen molar-refractivity contribution < 1.29 is 28.7 Å². The van der Waals surface area contributed by atoms with Gasteiger partial charge in [-0.25, -0.2) is 19.9 Å². The van der Waals surface area contributed by atoms with Gasteiger partial charge in [0.25, 0.3) is 0 Å². The Morgan fingerprint density at radius 3 is 1.12 bits per heavy atom. The predicted molar refractivity (Wildman–Crippen MR) is 348 cm³/mol. The van der Waals surface area contributed by atoms with Crippen molar-refractivity contribution in [2.75, 3.05) is 90.3 Å². The summed E-state index contributed by atoms with van der Waals surface area (Å²) in [6, 6.07) is 22.8. The summed E-state index contributed by atoms with van der Waals surface area (Å²) in [7, 11) is 2.75. The summed E-state index contributed by atoms with van der Waals surface area (Å²) < 4.78 is 9.83. The molecule has 2 saturated carbocycles. The first-order valence-electron chi connectivity index (χ1n) is 29.6. The van der Waals surface area contributed by atoms with Gasteiger partial charge in [0.2, 0.25) is 32.3 Å². The number of nitrogens with two attached hydrogens (primary N) is 2. The molecule has 25 nitrogen and oxygen atoms in total. The summed E-state index contributed by atoms with van der Waals surface area (Å²) in [6.45, 7) is 6.19. The molecule has 2 aliphatic carbocycles. The number of halogens is 1. The molecule has 5 fully saturated rings. The van der Waals surface area contributed by atoms with Crippen LogP contribution in [0.4, 0.5) is 38.0 Å². The number of aromatic nitrogens is 12. The van der Waals surface area contributed by atoms with Crippen molar-refractivity contribution >= 4 is 123 Å². The number of methoxy groups -OCH3 is 2. The second kappa shape index (κ2) is 31.6. The molecule has 0 bridgehead atoms. The molecule has 3 aliphatic heterocycles. The third-order valence-corrected chi connectivity index (χ3v) is 19.8. The minimum atomic E-state index is -0.277. The fourth-order valence-electron chi connectivity index (χ4n) is 10.5. The zero-order valence-corrected chi connectivity index (χ0v) is 54.3. The Morgan fingerprint density at radius 1 is 0.461 bits per heavy atom. The molecule has 8 aromatic heterocycles. The molecule has 2 amide bonds. The molecule has 468 valence electrons. The standard InChI is InChI=1S/C30H34N10O2S2.C11H14N2O2.C10H14N6S2.C8H8BrNO2/c41-25(17-21-8-2-10-23(31-21)39-12-4-13-39)33-29-37-35-27(43-29)19-6-1-7-20(16-19)28-36-38-30(44-28)34-26(42)18-22-9-3-11-24(32-22)40-14-5-15-40;1-15-11(14)8-9-4-2-5-10(12-9)13-6-3-7-13;11-9-15-13-7(17-9)5-2-1-3-6(4-5)8-14-16-10(12)18-8;1-12-8(11)5-6-3-2-4-7(9)10-6/h2-3,8-11,19-20H,1,4-7,12-18H2,(H,33,37,41)(H,34,38,42);2,4-5H,3,6-8H2,1H3;5-6H,1-4H2,(H2,11,15)(H2,12,16);2-4H,5H2,1H3/t19-,20-;;5-,6-;/m0.0./s1. The van der Waals surface area contributed by atoms with Gasteiger partial charge in [0, 0.05) is 62.9 Å². The number of amides is 2. The highest BCUT2D eigenvalue weighted by Gasteiger charge is 2.31. The molecule has 0 radical (unpaired) electrons. The number of rotatable bonds is 17. The van der Waals surface area contributed by atoms with E-state index in [2.05, 4.69) is 111 Å². The number of nitrogen functional groups attached to an aromatic ring is 2. The number of nitrogens with zero attached hydrogens (tertiary/aromatic N) is 15. The van der Waals surface area contributed by atoms with Crippen LogP contribution in [-0.4, -0.2) is 138 Å². The van der Waals surface area contributed by atoms with Crippen LogP contribution in [0.2, 0.25) is 0 Å². The van der Waals surface area contributed by atoms with Gasteiger partial charge in [0.05, 0.1) is 62.7 Å². The smallest absolute Gasteiger partial charge is 0.311 e. The largest absolute Gasteiger partial charge is 0.469 e. The SMILES string of the molecule is COC(=O)Cc1cccc(Br)n1.COC(=O)Cc1cccc(N2CCC2)n1.Nc1nnc([C@H]2CCC[C@H](c3nnc(N)s3)C2)s1.O=C(Cc1cccc(N2CCC2)n1)Nc1nnc([C@H]2CCC[C@H](c3nnc(NC(=O)Cc4cccc(N5CCC5)n4)s3)C2)s1. The lowest BCUT2D eigenvalue weighted by Gasteiger charge is -2.32. The second-order valence-electron chi connectivity index (χ2n) is 21.9. The van der Waals surface area contributed by atoms with E-state index in [1.165, 1.54) is 85.3 Å². The van der Waals surface area contributed by atoms with E-state index in [1.54, 1.807) is 12.1 Å². The summed E-state index contributed by atoms with van der Waals surface area (Å²) in [6.07, 6.45) is 12.9. The van der Waals surface area contributed by atoms with Gasteiger partial charge < -0.3 is 46.3 Å². The number of hydrogen-bond donors (Lipinski definition) is 4. The molecule has 3 saturated heterocycles. The van der Waals surface area contributed by atoms with E-state index in [-0.39, 0.29) is 61.3 Å². The van der Waals surface area contributed by atoms with Gasteiger partial charge in [-0.2, -0.15) is 0 Å². The van der Waals surface area contributed by atoms with Crippen molar-refractivity contribution in [3.8, 4) is 0 Å². The number of anilines is 7. The maximum atomic E-state index is 12.7. The average molecular weight is 1350 g/mol. The molecule has 0 unspecified atom stereocenters. The maximum absolute atomic E-state index is 12.7. The Labute approximate surface area is 539 Å². The monoisotopic (exact) mass is 1350 g/mol. The van der Waals surface area contributed by atoms with E-state index in [0.717, 1.165) is 143 Å². The molecular weight excluding hydrogens is 1280 g/mol. The fraction of sp³-hybridized carbons (Fsp3) is 0.458. The molecule has 0 spiro atoms. The quantitative estimate of drug-likeness (QED) is 0.0488. The number of esters is 2. The van der Waals surface area contributed by atoms with Crippen molar-refractivity contribution in [1.29, 1.82) is 0 Å². The molecular formula is C59H70BrN19O6S4. The molecule has 30 heteroatoms. The number of carbonyl (C=O) groups is 4. The van der Waals surface area contributed by atoms with Gasteiger partial charge in [0.1, 0.15) is 42.1 Å². The Hall–Kier alpha value is -7.80. The average Bonchev–Trinajstić information content (AvgIpc) is 3.08. The normalized spacial score (nSPS) is 18.3. The van der Waals surface area contributed by atoms with Crippen LogP contribution in [0, 0.1) is 0 Å². The van der Waals surface area contributed by atoms with Gasteiger partial charge in [0.15, 0.2) is 0 Å². The molecule has 0 aromatic carbocycles. The van der Waals surface area contributed by atoms with Gasteiger partial charge in [-0.1, -0.05) is 82.5 Å². The lowest BCUT2D eigenvalue weighted by Crippen LogP contribution is -2.37. The molecule has 89 heavy (non-hydrogen) atoms. The zero-order valence-electron chi connectivity index (χ0n) is 49.4. The summed E-state index contributed by atoms with van der Waals surface area (Å²) in [5, 5.41) is 45.4. The first-order valence-corrected chi connectivity index (χ1v) is 33.7. The minimum Gasteiger partial charge on any atom is -0.469 e. The van der Waals surface area contributed by atoms with Gasteiger partial charge >= 0.3 is 11.9 Å². The van der Waals surface area contributed by atoms with Gasteiger partial charge in [-0.15, -0.1) is 40.8 Å². The number of hydrogen-bond acceptors (Lipinski definition) is 27. The Balaban J connectivity index is 0.000000157. The van der Waals surface area contributed by atoms with Crippen LogP contribution in [0.15, 0.2) is 77.4 Å². The Kier molecular flexibility index (Phi) is 22.8. The summed E-state index contributed by atoms with van der Waals surface area (Å²) in [5.41, 5.74) is 14.2. The number of pyridine rings is 4. The van der Waals surface area contributed by atoms with Crippen LogP contribution < -0.4 is 36.8 Å². The van der Waals surface area contributed by atoms with Crippen LogP contribution >= 0.6 is 61.3 Å². The Bertz CT molecular complexity index is 3490. The van der Waals surface area contributed by atoms with Crippen molar-refractivity contribution in [1.82, 2.24) is 60.7 Å². The molecule has 11 heterocycles. The summed E-state index contributed by atoms with van der Waals surface area (Å²) >= 11 is 9.07. The lowest BCUT2D eigenvalue weighted by atomic mass is 9.82. The predicted octanol–water partition coefficient (Wildman–Crippen LogP) is 8.97. The minimum absolute atomic E-state index is 0.148. The van der Waals surface area contributed by atoms with Crippen LogP contribution in [-0.2, 0) is 54.3 Å². The first-order chi connectivity index (χ1) is 43.3. The van der Waals surface area contributed by atoms with E-state index in [9.17, 15) is 19.2 Å². The van der Waals surface area contributed by atoms with Crippen molar-refractivity contribution in [3.05, 3.63) is 120 Å². The van der Waals surface area contributed by atoms with E-state index in [4.69, 9.17) is 11.5 Å². The third kappa shape index (κ3) is 18.6. The summed E-state index contributed by atoms with van der Waals surface area (Å²) in [4.78, 5) is 71.7. The van der Waals surface area contributed by atoms with E-state index < -0.39 is 0 Å². The zero-order chi connectivity index (χ0) is 62.1. The van der Waals surface area contributed by atoms with E-state index >= 15 is 0 Å². The number of carbonyl (C=O) groups excluding carboxylic acids is 4. The Morgan fingerprint density at radius 2 is 0.798 bits per heavy atom. The van der Waals surface area contributed by atoms with Crippen molar-refractivity contribution in [2.45, 2.75) is 120 Å². The van der Waals surface area contributed by atoms with Crippen LogP contribution in [0.25, 0.3) is 0 Å². The number of ether oxygens (including phenoxy) is 2. The molecule has 8 aromatic rings. The highest BCUT2D eigenvalue weighted by molar-refractivity contribution is 9.10. The van der Waals surface area contributed by atoms with Crippen LogP contribution in [0.3, 0.4) is 0 Å². The third-order valence-electron chi connectivity index (χ3n) is 15.5. The summed E-state index contributed by atoms with van der Waals surface area (Å²) in [5.74, 6) is 3.36. The van der Waals surface area contributed by atoms with Crippen molar-refractivity contribution in [3.63, 3.8) is 0 Å². The number of nitrogens with one attached hydrogen (secondary N) is 2. The van der Waals surface area contributed by atoms with E-state index in [1.807, 2.05) is 60.7 Å². The molecule has 5 aliphatic rings. The second-order valence-corrected chi connectivity index (χ2v) is 26.8. The van der Waals surface area contributed by atoms with E-state index in [0.29, 0.717) is 38.1 Å². The van der Waals surface area contributed by atoms with Gasteiger partial charge in [-0.05, 0) is 122 Å². The first kappa shape index (κ1) is 64.2. The topological polar surface area (TPSA) is 327 Å². The molecule has 13 rings (SSSR count). The van der Waals surface area contributed by atoms with Gasteiger partial charge in [-0.3, -0.25) is 19.2 Å². The van der Waals surface area contributed by atoms with Crippen LogP contribution in [0.5, 0.6) is 0 Å². The maximum Gasteiger partial charge on any atom is 0.311 e. The fourth-order valence-corrected chi connectivity index (χ4v) is 14.2. The molecule has 4 atom stereocenters. The van der Waals surface area contributed by atoms with Crippen LogP contribution in [0.1, 0.15) is 137 Å². The molecule has 6 N–H and O–H groups in total. The van der Waals surface area contributed by atoms with Crippen molar-refractivity contribution in [2.24, 2.45) is 0 Å². The lowest BCUT2D eigenvalue weighted by molar-refractivity contribution is -0.140.